The Balaban J connectivity index is 2.05. The molecule has 23 heavy (non-hydrogen) atoms. The van der Waals surface area contributed by atoms with E-state index in [0.29, 0.717) is 0 Å². The van der Waals surface area contributed by atoms with Crippen LogP contribution >= 0.6 is 0 Å². The van der Waals surface area contributed by atoms with Gasteiger partial charge in [-0.3, -0.25) is 4.79 Å². The first-order valence-corrected chi connectivity index (χ1v) is 8.52. The second-order valence-corrected chi connectivity index (χ2v) is 7.17. The fourth-order valence-corrected chi connectivity index (χ4v) is 3.13. The van der Waals surface area contributed by atoms with Crippen molar-refractivity contribution in [1.29, 1.82) is 0 Å². The number of hydrogen-bond donors (Lipinski definition) is 2. The van der Waals surface area contributed by atoms with E-state index in [1.165, 1.54) is 17.1 Å². The zero-order chi connectivity index (χ0) is 17.0. The number of benzene rings is 1. The minimum atomic E-state index is -3.81. The lowest BCUT2D eigenvalue weighted by Crippen LogP contribution is -2.34. The van der Waals surface area contributed by atoms with Crippen molar-refractivity contribution in [3.05, 3.63) is 47.9 Å². The maximum Gasteiger partial charge on any atom is 0.308 e. The minimum Gasteiger partial charge on any atom is -0.481 e. The van der Waals surface area contributed by atoms with Crippen molar-refractivity contribution in [2.75, 3.05) is 6.54 Å². The average molecular weight is 337 g/mol. The molecule has 7 nitrogen and oxygen atoms in total. The van der Waals surface area contributed by atoms with Crippen LogP contribution in [0, 0.1) is 12.8 Å². The number of rotatable bonds is 7. The molecular formula is C15H19N3O4S. The molecule has 0 aliphatic rings. The molecule has 0 saturated carbocycles. The molecule has 1 heterocycles. The summed E-state index contributed by atoms with van der Waals surface area (Å²) in [4.78, 5) is 15.1. The van der Waals surface area contributed by atoms with Crippen molar-refractivity contribution in [3.63, 3.8) is 0 Å². The van der Waals surface area contributed by atoms with Gasteiger partial charge in [-0.2, -0.15) is 0 Å². The highest BCUT2D eigenvalue weighted by Gasteiger charge is 2.23. The molecule has 0 fully saturated rings. The Morgan fingerprint density at radius 1 is 1.35 bits per heavy atom. The van der Waals surface area contributed by atoms with E-state index in [-0.39, 0.29) is 18.0 Å². The van der Waals surface area contributed by atoms with E-state index in [9.17, 15) is 18.3 Å². The van der Waals surface area contributed by atoms with Gasteiger partial charge in [-0.25, -0.2) is 18.1 Å². The van der Waals surface area contributed by atoms with Gasteiger partial charge >= 0.3 is 5.97 Å². The Kier molecular flexibility index (Phi) is 5.17. The quantitative estimate of drug-likeness (QED) is 0.783. The fourth-order valence-electron chi connectivity index (χ4n) is 2.07. The number of carboxylic acid groups (broad SMARTS) is 1. The molecule has 1 unspecified atom stereocenters. The van der Waals surface area contributed by atoms with Crippen molar-refractivity contribution >= 4 is 16.0 Å². The molecule has 0 saturated heterocycles. The molecule has 124 valence electrons. The predicted octanol–water partition coefficient (Wildman–Crippen LogP) is 0.950. The summed E-state index contributed by atoms with van der Waals surface area (Å²) in [6.07, 6.45) is 2.98. The maximum atomic E-state index is 12.1. The summed E-state index contributed by atoms with van der Waals surface area (Å²) < 4.78 is 28.0. The summed E-state index contributed by atoms with van der Waals surface area (Å²) in [5.74, 6) is -1.90. The summed E-state index contributed by atoms with van der Waals surface area (Å²) >= 11 is 0. The smallest absolute Gasteiger partial charge is 0.308 e. The summed E-state index contributed by atoms with van der Waals surface area (Å²) in [6.45, 7) is 1.75. The number of sulfonamides is 1. The highest BCUT2D eigenvalue weighted by atomic mass is 32.2. The number of hydrogen-bond acceptors (Lipinski definition) is 4. The van der Waals surface area contributed by atoms with Gasteiger partial charge in [0.2, 0.25) is 0 Å². The number of imidazole rings is 1. The van der Waals surface area contributed by atoms with E-state index < -0.39 is 21.9 Å². The van der Waals surface area contributed by atoms with Crippen molar-refractivity contribution < 1.29 is 18.3 Å². The molecule has 0 bridgehead atoms. The van der Waals surface area contributed by atoms with E-state index in [2.05, 4.69) is 9.71 Å². The largest absolute Gasteiger partial charge is 0.481 e. The Morgan fingerprint density at radius 3 is 2.52 bits per heavy atom. The van der Waals surface area contributed by atoms with Crippen molar-refractivity contribution in [2.24, 2.45) is 13.0 Å². The third-order valence-electron chi connectivity index (χ3n) is 3.43. The molecule has 0 spiro atoms. The second-order valence-electron chi connectivity index (χ2n) is 5.45. The third kappa shape index (κ3) is 4.64. The van der Waals surface area contributed by atoms with Gasteiger partial charge in [0, 0.05) is 19.8 Å². The summed E-state index contributed by atoms with van der Waals surface area (Å²) in [7, 11) is -2.16. The van der Waals surface area contributed by atoms with E-state index in [1.807, 2.05) is 31.2 Å². The van der Waals surface area contributed by atoms with Crippen molar-refractivity contribution in [1.82, 2.24) is 14.3 Å². The maximum absolute atomic E-state index is 12.1. The molecule has 1 aromatic heterocycles. The van der Waals surface area contributed by atoms with Crippen LogP contribution in [0.2, 0.25) is 0 Å². The predicted molar refractivity (Wildman–Crippen MR) is 84.4 cm³/mol. The van der Waals surface area contributed by atoms with Crippen LogP contribution in [-0.2, 0) is 28.3 Å². The van der Waals surface area contributed by atoms with Crippen LogP contribution in [0.25, 0.3) is 0 Å². The molecule has 0 amide bonds. The summed E-state index contributed by atoms with van der Waals surface area (Å²) in [5.41, 5.74) is 1.93. The Labute approximate surface area is 135 Å². The lowest BCUT2D eigenvalue weighted by Gasteiger charge is -2.13. The second kappa shape index (κ2) is 6.93. The Morgan fingerprint density at radius 2 is 2.00 bits per heavy atom. The standard InChI is InChI=1S/C15H19N3O4S/c1-11-3-5-12(6-4-11)7-13(15(19)20)8-17-23(21,22)14-9-18(2)10-16-14/h3-6,9-10,13,17H,7-8H2,1-2H3,(H,19,20). The molecule has 1 atom stereocenters. The van der Waals surface area contributed by atoms with Crippen LogP contribution < -0.4 is 4.72 Å². The number of nitrogens with one attached hydrogen (secondary N) is 1. The third-order valence-corrected chi connectivity index (χ3v) is 4.74. The van der Waals surface area contributed by atoms with Gasteiger partial charge in [0.15, 0.2) is 5.03 Å². The zero-order valence-corrected chi connectivity index (χ0v) is 13.7. The minimum absolute atomic E-state index is 0.125. The molecule has 8 heteroatoms. The van der Waals surface area contributed by atoms with E-state index in [4.69, 9.17) is 0 Å². The van der Waals surface area contributed by atoms with Gasteiger partial charge in [0.05, 0.1) is 12.2 Å². The Bertz CT molecular complexity index is 781. The van der Waals surface area contributed by atoms with E-state index in [0.717, 1.165) is 11.1 Å². The van der Waals surface area contributed by atoms with Gasteiger partial charge in [0.25, 0.3) is 10.0 Å². The highest BCUT2D eigenvalue weighted by Crippen LogP contribution is 2.12. The molecule has 0 radical (unpaired) electrons. The number of aromatic nitrogens is 2. The first-order valence-electron chi connectivity index (χ1n) is 7.04. The van der Waals surface area contributed by atoms with E-state index >= 15 is 0 Å². The molecular weight excluding hydrogens is 318 g/mol. The van der Waals surface area contributed by atoms with Gasteiger partial charge < -0.3 is 9.67 Å². The van der Waals surface area contributed by atoms with Crippen LogP contribution in [0.4, 0.5) is 0 Å². The number of carbonyl (C=O) groups is 1. The zero-order valence-electron chi connectivity index (χ0n) is 12.9. The number of aryl methyl sites for hydroxylation is 2. The van der Waals surface area contributed by atoms with Gasteiger partial charge in [-0.15, -0.1) is 0 Å². The highest BCUT2D eigenvalue weighted by molar-refractivity contribution is 7.89. The molecule has 2 N–H and O–H groups in total. The average Bonchev–Trinajstić information content (AvgIpc) is 2.92. The first-order chi connectivity index (χ1) is 10.8. The van der Waals surface area contributed by atoms with Crippen molar-refractivity contribution in [2.45, 2.75) is 18.4 Å². The summed E-state index contributed by atoms with van der Waals surface area (Å²) in [5, 5.41) is 9.18. The monoisotopic (exact) mass is 337 g/mol. The number of aliphatic carboxylic acids is 1. The van der Waals surface area contributed by atoms with E-state index in [1.54, 1.807) is 7.05 Å². The molecule has 0 aliphatic heterocycles. The van der Waals surface area contributed by atoms with Crippen LogP contribution in [0.5, 0.6) is 0 Å². The summed E-state index contributed by atoms with van der Waals surface area (Å²) in [6, 6.07) is 7.48. The SMILES string of the molecule is Cc1ccc(CC(CNS(=O)(=O)c2cn(C)cn2)C(=O)O)cc1. The van der Waals surface area contributed by atoms with Crippen molar-refractivity contribution in [3.8, 4) is 0 Å². The molecule has 2 rings (SSSR count). The number of nitrogens with zero attached hydrogens (tertiary/aromatic N) is 2. The van der Waals surface area contributed by atoms with Crippen LogP contribution in [0.1, 0.15) is 11.1 Å². The first kappa shape index (κ1) is 17.2. The van der Waals surface area contributed by atoms with Crippen LogP contribution in [-0.4, -0.2) is 35.6 Å². The molecule has 0 aliphatic carbocycles. The lowest BCUT2D eigenvalue weighted by atomic mass is 9.99. The van der Waals surface area contributed by atoms with Gasteiger partial charge in [-0.1, -0.05) is 29.8 Å². The van der Waals surface area contributed by atoms with Gasteiger partial charge in [-0.05, 0) is 18.9 Å². The normalized spacial score (nSPS) is 13.0. The fraction of sp³-hybridized carbons (Fsp3) is 0.333. The topological polar surface area (TPSA) is 101 Å². The molecule has 1 aromatic carbocycles. The van der Waals surface area contributed by atoms with Crippen LogP contribution in [0.15, 0.2) is 41.8 Å². The lowest BCUT2D eigenvalue weighted by molar-refractivity contribution is -0.141. The van der Waals surface area contributed by atoms with Crippen LogP contribution in [0.3, 0.4) is 0 Å². The Hall–Kier alpha value is -2.19. The number of carboxylic acids is 1. The molecule has 2 aromatic rings. The van der Waals surface area contributed by atoms with Gasteiger partial charge in [0.1, 0.15) is 0 Å².